The number of thioether (sulfide) groups is 1. The van der Waals surface area contributed by atoms with Gasteiger partial charge in [-0.25, -0.2) is 0 Å². The van der Waals surface area contributed by atoms with Crippen molar-refractivity contribution in [2.75, 3.05) is 27.6 Å². The molecule has 4 aromatic rings. The summed E-state index contributed by atoms with van der Waals surface area (Å²) in [5.41, 5.74) is 12.1. The van der Waals surface area contributed by atoms with Crippen LogP contribution in [0, 0.1) is 27.7 Å². The van der Waals surface area contributed by atoms with E-state index in [-0.39, 0.29) is 23.0 Å². The smallest absolute Gasteiger partial charge is 0.286 e. The second-order valence-corrected chi connectivity index (χ2v) is 10.8. The molecule has 0 spiro atoms. The monoisotopic (exact) mass is 594 g/mol. The first kappa shape index (κ1) is 29.6. The van der Waals surface area contributed by atoms with Crippen molar-refractivity contribution in [3.63, 3.8) is 0 Å². The Morgan fingerprint density at radius 3 is 1.66 bits per heavy atom. The molecule has 1 radical (unpaired) electrons. The molecule has 3 heterocycles. The molecule has 0 saturated carbocycles. The summed E-state index contributed by atoms with van der Waals surface area (Å²) in [6.45, 7) is 6.96. The summed E-state index contributed by atoms with van der Waals surface area (Å²) in [6.07, 6.45) is 4.50. The van der Waals surface area contributed by atoms with E-state index in [0.717, 1.165) is 16.2 Å². The molecule has 1 aromatic carbocycles. The molecule has 41 heavy (non-hydrogen) atoms. The zero-order chi connectivity index (χ0) is 29.8. The minimum absolute atomic E-state index is 0.0959. The predicted molar refractivity (Wildman–Crippen MR) is 160 cm³/mol. The van der Waals surface area contributed by atoms with E-state index in [9.17, 15) is 19.2 Å². The van der Waals surface area contributed by atoms with Crippen LogP contribution in [0.25, 0.3) is 0 Å². The molecule has 0 aliphatic rings. The number of aromatic amines is 3. The lowest BCUT2D eigenvalue weighted by Gasteiger charge is -2.09. The van der Waals surface area contributed by atoms with Crippen molar-refractivity contribution in [3.8, 4) is 0 Å². The predicted octanol–water partition coefficient (Wildman–Crippen LogP) is 5.42. The molecule has 0 bridgehead atoms. The number of carbonyl (C=O) groups is 4. The quantitative estimate of drug-likeness (QED) is 0.106. The van der Waals surface area contributed by atoms with Crippen LogP contribution in [0.4, 0.5) is 17.1 Å². The van der Waals surface area contributed by atoms with Crippen molar-refractivity contribution < 1.29 is 19.2 Å². The summed E-state index contributed by atoms with van der Waals surface area (Å²) in [4.78, 5) is 59.7. The first-order chi connectivity index (χ1) is 19.5. The third kappa shape index (κ3) is 6.34. The maximum atomic E-state index is 13.1. The molecule has 0 atom stereocenters. The van der Waals surface area contributed by atoms with E-state index in [1.807, 2.05) is 19.1 Å². The molecule has 3 aromatic heterocycles. The van der Waals surface area contributed by atoms with Crippen LogP contribution in [0.5, 0.6) is 0 Å². The molecular formula is C28H29ClN7O4S. The minimum Gasteiger partial charge on any atom is -0.355 e. The number of carbonyl (C=O) groups excluding carboxylic acids is 4. The van der Waals surface area contributed by atoms with Crippen molar-refractivity contribution in [1.82, 2.24) is 20.7 Å². The number of rotatable bonds is 10. The number of aryl methyl sites for hydroxylation is 1. The van der Waals surface area contributed by atoms with Gasteiger partial charge in [-0.1, -0.05) is 0 Å². The third-order valence-electron chi connectivity index (χ3n) is 6.62. The summed E-state index contributed by atoms with van der Waals surface area (Å²) in [5.74, 6) is -0.785. The zero-order valence-electron chi connectivity index (χ0n) is 22.8. The number of alkyl halides is 1. The average Bonchev–Trinajstić information content (AvgIpc) is 3.60. The van der Waals surface area contributed by atoms with Crippen LogP contribution in [0.2, 0.25) is 0 Å². The zero-order valence-corrected chi connectivity index (χ0v) is 24.4. The molecule has 0 saturated heterocycles. The Balaban J connectivity index is 1.42. The van der Waals surface area contributed by atoms with Gasteiger partial charge in [0.25, 0.3) is 23.6 Å². The standard InChI is InChI=1S/C28H29ClN7O4S/c1-13-9-17(5-6-21(13)41-8-7-29)26(38)34-19-11-32-23(15(19)3)28(40)36-20-12-33-24(16(20)4)27(39)35-18-10-31-22(14(18)2)25(30)37/h5-6,9-12,30-33H,7-8H2,1-4H3,(H,34,38)(H,35,39)(H,36,40). The molecule has 0 aliphatic carbocycles. The lowest BCUT2D eigenvalue weighted by molar-refractivity contribution is 0.0983. The Morgan fingerprint density at radius 2 is 1.22 bits per heavy atom. The van der Waals surface area contributed by atoms with Crippen LogP contribution in [0.1, 0.15) is 64.1 Å². The van der Waals surface area contributed by atoms with Gasteiger partial charge >= 0.3 is 0 Å². The molecule has 4 rings (SSSR count). The van der Waals surface area contributed by atoms with Gasteiger partial charge in [0.05, 0.1) is 17.1 Å². The SMILES string of the molecule is Cc1cc(C(=O)Nc2c[nH]c(C(=O)Nc3c[nH]c(C(=O)Nc4c[nH]c(C([NH])=O)c4C)c3C)c2C)ccc1SCCCl. The van der Waals surface area contributed by atoms with Crippen LogP contribution in [-0.2, 0) is 0 Å². The molecule has 0 fully saturated rings. The molecular weight excluding hydrogens is 566 g/mol. The maximum Gasteiger partial charge on any atom is 0.286 e. The molecule has 11 nitrogen and oxygen atoms in total. The van der Waals surface area contributed by atoms with Gasteiger partial charge in [-0.3, -0.25) is 24.9 Å². The van der Waals surface area contributed by atoms with E-state index in [2.05, 4.69) is 30.9 Å². The fourth-order valence-corrected chi connectivity index (χ4v) is 5.23. The van der Waals surface area contributed by atoms with Gasteiger partial charge in [0, 0.05) is 57.4 Å². The van der Waals surface area contributed by atoms with Crippen molar-refractivity contribution in [2.24, 2.45) is 0 Å². The van der Waals surface area contributed by atoms with Crippen LogP contribution in [0.3, 0.4) is 0 Å². The Labute approximate surface area is 245 Å². The van der Waals surface area contributed by atoms with E-state index in [1.54, 1.807) is 44.8 Å². The Hall–Kier alpha value is -4.42. The van der Waals surface area contributed by atoms with E-state index in [0.29, 0.717) is 45.2 Å². The van der Waals surface area contributed by atoms with Gasteiger partial charge in [-0.15, -0.1) is 23.4 Å². The largest absolute Gasteiger partial charge is 0.355 e. The minimum atomic E-state index is -0.881. The number of H-pyrrole nitrogens is 3. The highest BCUT2D eigenvalue weighted by Gasteiger charge is 2.21. The Morgan fingerprint density at radius 1 is 0.756 bits per heavy atom. The first-order valence-electron chi connectivity index (χ1n) is 12.5. The number of nitrogens with one attached hydrogen (secondary N) is 7. The van der Waals surface area contributed by atoms with Gasteiger partial charge in [-0.05, 0) is 51.5 Å². The van der Waals surface area contributed by atoms with Crippen LogP contribution in [0.15, 0.2) is 41.7 Å². The molecule has 0 aliphatic heterocycles. The van der Waals surface area contributed by atoms with Gasteiger partial charge in [0.1, 0.15) is 17.1 Å². The van der Waals surface area contributed by atoms with E-state index >= 15 is 0 Å². The number of anilines is 3. The highest BCUT2D eigenvalue weighted by molar-refractivity contribution is 7.99. The van der Waals surface area contributed by atoms with Gasteiger partial charge in [0.15, 0.2) is 0 Å². The Kier molecular flexibility index (Phi) is 8.94. The maximum absolute atomic E-state index is 13.1. The summed E-state index contributed by atoms with van der Waals surface area (Å²) >= 11 is 7.40. The lowest BCUT2D eigenvalue weighted by Crippen LogP contribution is -2.16. The Bertz CT molecular complexity index is 1650. The fourth-order valence-electron chi connectivity index (χ4n) is 4.25. The fraction of sp³-hybridized carbons (Fsp3) is 0.214. The number of aromatic nitrogens is 3. The average molecular weight is 595 g/mol. The van der Waals surface area contributed by atoms with Gasteiger partial charge in [0.2, 0.25) is 0 Å². The van der Waals surface area contributed by atoms with E-state index in [4.69, 9.17) is 17.3 Å². The second kappa shape index (κ2) is 12.4. The first-order valence-corrected chi connectivity index (χ1v) is 14.1. The normalized spacial score (nSPS) is 10.9. The number of hydrogen-bond acceptors (Lipinski definition) is 5. The number of hydrogen-bond donors (Lipinski definition) is 6. The van der Waals surface area contributed by atoms with E-state index < -0.39 is 17.7 Å². The molecule has 4 amide bonds. The molecule has 13 heteroatoms. The lowest BCUT2D eigenvalue weighted by atomic mass is 10.1. The van der Waals surface area contributed by atoms with Gasteiger partial charge in [-0.2, -0.15) is 0 Å². The van der Waals surface area contributed by atoms with Crippen molar-refractivity contribution >= 4 is 64.1 Å². The van der Waals surface area contributed by atoms with E-state index in [1.165, 1.54) is 12.4 Å². The summed E-state index contributed by atoms with van der Waals surface area (Å²) in [7, 11) is 0. The van der Waals surface area contributed by atoms with Crippen LogP contribution in [-0.4, -0.2) is 50.2 Å². The van der Waals surface area contributed by atoms with Gasteiger partial charge < -0.3 is 30.9 Å². The van der Waals surface area contributed by atoms with Crippen molar-refractivity contribution in [1.29, 1.82) is 0 Å². The third-order valence-corrected chi connectivity index (χ3v) is 8.21. The van der Waals surface area contributed by atoms with Crippen LogP contribution < -0.4 is 21.7 Å². The highest BCUT2D eigenvalue weighted by Crippen LogP contribution is 2.26. The summed E-state index contributed by atoms with van der Waals surface area (Å²) in [5, 5.41) is 8.33. The summed E-state index contributed by atoms with van der Waals surface area (Å²) < 4.78 is 0. The number of benzene rings is 1. The summed E-state index contributed by atoms with van der Waals surface area (Å²) in [6, 6.07) is 5.46. The van der Waals surface area contributed by atoms with Crippen molar-refractivity contribution in [3.05, 3.63) is 81.7 Å². The highest BCUT2D eigenvalue weighted by atomic mass is 35.5. The number of halogens is 1. The van der Waals surface area contributed by atoms with Crippen LogP contribution >= 0.6 is 23.4 Å². The molecule has 213 valence electrons. The topological polar surface area (TPSA) is 176 Å². The second-order valence-electron chi connectivity index (χ2n) is 9.32. The number of amides is 4. The van der Waals surface area contributed by atoms with Crippen molar-refractivity contribution in [2.45, 2.75) is 32.6 Å². The molecule has 0 unspecified atom stereocenters. The molecule has 7 N–H and O–H groups in total.